The third-order valence-electron chi connectivity index (χ3n) is 4.80. The van der Waals surface area contributed by atoms with Gasteiger partial charge in [-0.25, -0.2) is 8.42 Å². The molecule has 1 saturated carbocycles. The van der Waals surface area contributed by atoms with E-state index >= 15 is 0 Å². The minimum absolute atomic E-state index is 0.0418. The van der Waals surface area contributed by atoms with Crippen LogP contribution in [0.1, 0.15) is 46.1 Å². The van der Waals surface area contributed by atoms with Crippen LogP contribution >= 0.6 is 0 Å². The van der Waals surface area contributed by atoms with Gasteiger partial charge in [-0.1, -0.05) is 39.8 Å². The molecular weight excluding hydrogens is 282 g/mol. The minimum atomic E-state index is -3.23. The number of hydrogen-bond donors (Lipinski definition) is 1. The van der Waals surface area contributed by atoms with E-state index in [0.29, 0.717) is 10.9 Å². The van der Waals surface area contributed by atoms with Gasteiger partial charge in [0.25, 0.3) is 0 Å². The Morgan fingerprint density at radius 1 is 1.10 bits per heavy atom. The molecule has 1 aliphatic rings. The van der Waals surface area contributed by atoms with E-state index in [4.69, 9.17) is 0 Å². The van der Waals surface area contributed by atoms with Gasteiger partial charge < -0.3 is 5.32 Å². The number of sulfone groups is 1. The van der Waals surface area contributed by atoms with Gasteiger partial charge in [-0.3, -0.25) is 0 Å². The Balaban J connectivity index is 2.29. The zero-order chi connectivity index (χ0) is 15.8. The van der Waals surface area contributed by atoms with Crippen molar-refractivity contribution in [3.8, 4) is 0 Å². The third kappa shape index (κ3) is 3.16. The molecule has 1 aromatic rings. The van der Waals surface area contributed by atoms with Crippen LogP contribution in [-0.4, -0.2) is 26.8 Å². The molecule has 3 unspecified atom stereocenters. The van der Waals surface area contributed by atoms with E-state index in [1.54, 1.807) is 12.1 Å². The van der Waals surface area contributed by atoms with Crippen molar-refractivity contribution in [1.29, 1.82) is 0 Å². The van der Waals surface area contributed by atoms with Gasteiger partial charge in [0.15, 0.2) is 9.84 Å². The second-order valence-corrected chi connectivity index (χ2v) is 9.36. The average molecular weight is 309 g/mol. The highest BCUT2D eigenvalue weighted by atomic mass is 32.2. The van der Waals surface area contributed by atoms with E-state index in [-0.39, 0.29) is 16.6 Å². The molecule has 118 valence electrons. The van der Waals surface area contributed by atoms with Crippen LogP contribution < -0.4 is 5.32 Å². The topological polar surface area (TPSA) is 46.2 Å². The molecule has 0 amide bonds. The molecule has 0 heterocycles. The maximum atomic E-state index is 12.8. The normalized spacial score (nSPS) is 27.0. The van der Waals surface area contributed by atoms with Crippen LogP contribution in [0.5, 0.6) is 0 Å². The number of rotatable bonds is 3. The molecule has 0 spiro atoms. The summed E-state index contributed by atoms with van der Waals surface area (Å²) >= 11 is 0. The Kier molecular flexibility index (Phi) is 4.50. The van der Waals surface area contributed by atoms with Gasteiger partial charge >= 0.3 is 0 Å². The Morgan fingerprint density at radius 2 is 1.67 bits per heavy atom. The summed E-state index contributed by atoms with van der Waals surface area (Å²) in [5, 5.41) is 2.96. The van der Waals surface area contributed by atoms with Gasteiger partial charge in [0.05, 0.1) is 10.1 Å². The first-order valence-corrected chi connectivity index (χ1v) is 9.24. The van der Waals surface area contributed by atoms with Crippen LogP contribution in [0.2, 0.25) is 0 Å². The van der Waals surface area contributed by atoms with Crippen LogP contribution in [0.4, 0.5) is 0 Å². The molecule has 1 N–H and O–H groups in total. The molecule has 1 aliphatic carbocycles. The second-order valence-electron chi connectivity index (χ2n) is 7.19. The van der Waals surface area contributed by atoms with Crippen molar-refractivity contribution in [2.45, 2.75) is 62.1 Å². The fourth-order valence-corrected chi connectivity index (χ4v) is 5.36. The fraction of sp³-hybridized carbons (Fsp3) is 0.647. The number of nitrogens with one attached hydrogen (secondary N) is 1. The Hall–Kier alpha value is -0.870. The molecular formula is C17H27NO2S. The van der Waals surface area contributed by atoms with Gasteiger partial charge in [0.2, 0.25) is 0 Å². The molecule has 2 rings (SSSR count). The first kappa shape index (κ1) is 16.5. The van der Waals surface area contributed by atoms with Crippen LogP contribution in [0.15, 0.2) is 29.2 Å². The zero-order valence-electron chi connectivity index (χ0n) is 13.7. The highest BCUT2D eigenvalue weighted by molar-refractivity contribution is 7.92. The summed E-state index contributed by atoms with van der Waals surface area (Å²) in [4.78, 5) is 0.462. The van der Waals surface area contributed by atoms with Gasteiger partial charge in [-0.15, -0.1) is 0 Å². The minimum Gasteiger partial charge on any atom is -0.317 e. The second kappa shape index (κ2) is 5.73. The highest BCUT2D eigenvalue weighted by Gasteiger charge is 2.40. The number of hydrogen-bond acceptors (Lipinski definition) is 3. The highest BCUT2D eigenvalue weighted by Crippen LogP contribution is 2.35. The molecule has 0 bridgehead atoms. The maximum absolute atomic E-state index is 12.8. The third-order valence-corrected chi connectivity index (χ3v) is 7.19. The molecule has 0 radical (unpaired) electrons. The predicted octanol–water partition coefficient (Wildman–Crippen LogP) is 3.14. The molecule has 0 aromatic heterocycles. The Morgan fingerprint density at radius 3 is 2.10 bits per heavy atom. The lowest BCUT2D eigenvalue weighted by molar-refractivity contribution is 0.453. The van der Waals surface area contributed by atoms with Crippen molar-refractivity contribution in [3.05, 3.63) is 29.8 Å². The van der Waals surface area contributed by atoms with E-state index in [1.807, 2.05) is 26.1 Å². The predicted molar refractivity (Wildman–Crippen MR) is 87.4 cm³/mol. The lowest BCUT2D eigenvalue weighted by atomic mass is 9.87. The van der Waals surface area contributed by atoms with E-state index in [9.17, 15) is 8.42 Å². The van der Waals surface area contributed by atoms with E-state index in [1.165, 1.54) is 0 Å². The fourth-order valence-electron chi connectivity index (χ4n) is 3.29. The largest absolute Gasteiger partial charge is 0.317 e. The summed E-state index contributed by atoms with van der Waals surface area (Å²) < 4.78 is 25.7. The summed E-state index contributed by atoms with van der Waals surface area (Å²) in [6, 6.07) is 7.74. The summed E-state index contributed by atoms with van der Waals surface area (Å²) in [5.74, 6) is 0.155. The van der Waals surface area contributed by atoms with Gasteiger partial charge in [-0.05, 0) is 48.9 Å². The van der Waals surface area contributed by atoms with E-state index < -0.39 is 9.84 Å². The zero-order valence-corrected chi connectivity index (χ0v) is 14.5. The van der Waals surface area contributed by atoms with Crippen LogP contribution in [0, 0.1) is 5.92 Å². The lowest BCUT2D eigenvalue weighted by Crippen LogP contribution is -2.34. The SMILES string of the molecule is CNC1CCC(S(=O)(=O)c2ccc(C(C)(C)C)cc2)C1C. The molecule has 3 nitrogen and oxygen atoms in total. The molecule has 1 aromatic carbocycles. The maximum Gasteiger partial charge on any atom is 0.181 e. The average Bonchev–Trinajstić information content (AvgIpc) is 2.79. The van der Waals surface area contributed by atoms with Gasteiger partial charge in [0, 0.05) is 6.04 Å². The standard InChI is InChI=1S/C17H27NO2S/c1-12-15(18-5)10-11-16(12)21(19,20)14-8-6-13(7-9-14)17(2,3)4/h6-9,12,15-16,18H,10-11H2,1-5H3. The smallest absolute Gasteiger partial charge is 0.181 e. The van der Waals surface area contributed by atoms with Crippen LogP contribution in [0.3, 0.4) is 0 Å². The summed E-state index contributed by atoms with van der Waals surface area (Å²) in [6.45, 7) is 8.44. The van der Waals surface area contributed by atoms with E-state index in [2.05, 4.69) is 26.1 Å². The first-order chi connectivity index (χ1) is 9.67. The van der Waals surface area contributed by atoms with E-state index in [0.717, 1.165) is 18.4 Å². The van der Waals surface area contributed by atoms with Crippen molar-refractivity contribution in [2.75, 3.05) is 7.05 Å². The van der Waals surface area contributed by atoms with Crippen LogP contribution in [-0.2, 0) is 15.3 Å². The Bertz CT molecular complexity index is 584. The lowest BCUT2D eigenvalue weighted by Gasteiger charge is -2.22. The van der Waals surface area contributed by atoms with Crippen molar-refractivity contribution in [2.24, 2.45) is 5.92 Å². The molecule has 0 aliphatic heterocycles. The molecule has 4 heteroatoms. The van der Waals surface area contributed by atoms with Crippen molar-refractivity contribution in [1.82, 2.24) is 5.32 Å². The quantitative estimate of drug-likeness (QED) is 0.933. The monoisotopic (exact) mass is 309 g/mol. The van der Waals surface area contributed by atoms with Crippen molar-refractivity contribution < 1.29 is 8.42 Å². The number of benzene rings is 1. The molecule has 1 fully saturated rings. The summed E-state index contributed by atoms with van der Waals surface area (Å²) in [6.07, 6.45) is 1.68. The first-order valence-electron chi connectivity index (χ1n) is 7.69. The van der Waals surface area contributed by atoms with Gasteiger partial charge in [-0.2, -0.15) is 0 Å². The molecule has 0 saturated heterocycles. The molecule has 21 heavy (non-hydrogen) atoms. The van der Waals surface area contributed by atoms with Crippen LogP contribution in [0.25, 0.3) is 0 Å². The van der Waals surface area contributed by atoms with Gasteiger partial charge in [0.1, 0.15) is 0 Å². The van der Waals surface area contributed by atoms with Crippen molar-refractivity contribution >= 4 is 9.84 Å². The molecule has 3 atom stereocenters. The van der Waals surface area contributed by atoms with Crippen molar-refractivity contribution in [3.63, 3.8) is 0 Å². The summed E-state index contributed by atoms with van der Waals surface area (Å²) in [7, 11) is -1.32. The Labute approximate surface area is 129 Å². The summed E-state index contributed by atoms with van der Waals surface area (Å²) in [5.41, 5.74) is 1.20.